The molecule has 0 spiro atoms. The van der Waals surface area contributed by atoms with Gasteiger partial charge in [-0.25, -0.2) is 14.4 Å². The van der Waals surface area contributed by atoms with Crippen molar-refractivity contribution in [2.24, 2.45) is 5.73 Å². The summed E-state index contributed by atoms with van der Waals surface area (Å²) in [5.74, 6) is -0.178. The number of hydrogen-bond acceptors (Lipinski definition) is 4. The summed E-state index contributed by atoms with van der Waals surface area (Å²) in [6, 6.07) is 5.82. The van der Waals surface area contributed by atoms with Gasteiger partial charge in [0.25, 0.3) is 0 Å². The molecule has 3 N–H and O–H groups in total. The Morgan fingerprint density at radius 3 is 2.83 bits per heavy atom. The lowest BCUT2D eigenvalue weighted by Crippen LogP contribution is -2.12. The van der Waals surface area contributed by atoms with Gasteiger partial charge in [-0.3, -0.25) is 0 Å². The fraction of sp³-hybridized carbons (Fsp3) is 0. The Kier molecular flexibility index (Phi) is 3.69. The zero-order valence-corrected chi connectivity index (χ0v) is 10.6. The van der Waals surface area contributed by atoms with Gasteiger partial charge in [-0.1, -0.05) is 23.8 Å². The molecule has 2 rings (SSSR count). The molecule has 0 saturated carbocycles. The highest BCUT2D eigenvalue weighted by Gasteiger charge is 2.04. The molecule has 0 aliphatic carbocycles. The van der Waals surface area contributed by atoms with Crippen LogP contribution in [-0.2, 0) is 0 Å². The molecule has 2 aromatic rings. The van der Waals surface area contributed by atoms with E-state index in [1.54, 1.807) is 6.07 Å². The molecular formula is C11H8ClFN4S. The molecule has 1 aromatic heterocycles. The second-order valence-electron chi connectivity index (χ2n) is 3.38. The van der Waals surface area contributed by atoms with Crippen molar-refractivity contribution in [1.82, 2.24) is 9.97 Å². The maximum Gasteiger partial charge on any atom is 0.227 e. The van der Waals surface area contributed by atoms with Gasteiger partial charge in [0.05, 0.1) is 5.02 Å². The highest BCUT2D eigenvalue weighted by Crippen LogP contribution is 2.21. The summed E-state index contributed by atoms with van der Waals surface area (Å²) >= 11 is 10.5. The Bertz CT molecular complexity index is 605. The third-order valence-corrected chi connectivity index (χ3v) is 2.58. The Labute approximate surface area is 113 Å². The first-order valence-corrected chi connectivity index (χ1v) is 5.70. The van der Waals surface area contributed by atoms with E-state index in [0.29, 0.717) is 17.3 Å². The molecule has 7 heteroatoms. The van der Waals surface area contributed by atoms with Crippen molar-refractivity contribution < 1.29 is 4.39 Å². The summed E-state index contributed by atoms with van der Waals surface area (Å²) in [6.07, 6.45) is 1.52. The number of hydrogen-bond donors (Lipinski definition) is 2. The van der Waals surface area contributed by atoms with E-state index in [1.807, 2.05) is 0 Å². The molecule has 1 heterocycles. The number of nitrogens with two attached hydrogens (primary N) is 1. The van der Waals surface area contributed by atoms with Crippen molar-refractivity contribution >= 4 is 40.4 Å². The minimum absolute atomic E-state index is 0.0190. The van der Waals surface area contributed by atoms with Crippen LogP contribution in [0, 0.1) is 5.82 Å². The Morgan fingerprint density at radius 1 is 1.39 bits per heavy atom. The van der Waals surface area contributed by atoms with E-state index >= 15 is 0 Å². The maximum absolute atomic E-state index is 13.0. The first-order chi connectivity index (χ1) is 8.56. The van der Waals surface area contributed by atoms with Crippen molar-refractivity contribution in [3.63, 3.8) is 0 Å². The van der Waals surface area contributed by atoms with Crippen molar-refractivity contribution in [1.29, 1.82) is 0 Å². The number of benzene rings is 1. The van der Waals surface area contributed by atoms with Gasteiger partial charge >= 0.3 is 0 Å². The van der Waals surface area contributed by atoms with Crippen molar-refractivity contribution in [3.8, 4) is 0 Å². The lowest BCUT2D eigenvalue weighted by Gasteiger charge is -2.06. The molecule has 0 bridgehead atoms. The largest absolute Gasteiger partial charge is 0.388 e. The van der Waals surface area contributed by atoms with Crippen LogP contribution in [0.5, 0.6) is 0 Å². The Hall–Kier alpha value is -1.79. The fourth-order valence-corrected chi connectivity index (χ4v) is 1.55. The molecule has 0 aliphatic heterocycles. The van der Waals surface area contributed by atoms with Gasteiger partial charge in [-0.15, -0.1) is 0 Å². The van der Waals surface area contributed by atoms with Crippen LogP contribution in [0.15, 0.2) is 30.5 Å². The van der Waals surface area contributed by atoms with Crippen LogP contribution in [0.4, 0.5) is 16.0 Å². The lowest BCUT2D eigenvalue weighted by atomic mass is 10.3. The topological polar surface area (TPSA) is 63.8 Å². The highest BCUT2D eigenvalue weighted by molar-refractivity contribution is 7.80. The van der Waals surface area contributed by atoms with Crippen molar-refractivity contribution in [2.45, 2.75) is 0 Å². The molecule has 4 nitrogen and oxygen atoms in total. The van der Waals surface area contributed by atoms with Crippen molar-refractivity contribution in [3.05, 3.63) is 47.0 Å². The minimum Gasteiger partial charge on any atom is -0.388 e. The van der Waals surface area contributed by atoms with Crippen LogP contribution in [-0.4, -0.2) is 15.0 Å². The molecule has 0 fully saturated rings. The summed E-state index contributed by atoms with van der Waals surface area (Å²) in [7, 11) is 0. The number of aromatic nitrogens is 2. The van der Waals surface area contributed by atoms with E-state index in [0.717, 1.165) is 0 Å². The fourth-order valence-electron chi connectivity index (χ4n) is 1.26. The van der Waals surface area contributed by atoms with E-state index in [9.17, 15) is 4.39 Å². The predicted octanol–water partition coefficient (Wildman–Crippen LogP) is 2.65. The predicted molar refractivity (Wildman–Crippen MR) is 72.6 cm³/mol. The summed E-state index contributed by atoms with van der Waals surface area (Å²) in [4.78, 5) is 8.27. The average molecular weight is 283 g/mol. The second kappa shape index (κ2) is 5.24. The van der Waals surface area contributed by atoms with Crippen molar-refractivity contribution in [2.75, 3.05) is 5.32 Å². The van der Waals surface area contributed by atoms with Crippen LogP contribution in [0.2, 0.25) is 5.02 Å². The van der Waals surface area contributed by atoms with E-state index in [1.165, 1.54) is 24.4 Å². The van der Waals surface area contributed by atoms with Crippen LogP contribution in [0.25, 0.3) is 0 Å². The van der Waals surface area contributed by atoms with E-state index in [2.05, 4.69) is 15.3 Å². The summed E-state index contributed by atoms with van der Waals surface area (Å²) in [5, 5.41) is 2.90. The molecule has 0 radical (unpaired) electrons. The van der Waals surface area contributed by atoms with Gasteiger partial charge in [-0.05, 0) is 24.3 Å². The molecule has 0 amide bonds. The standard InChI is InChI=1S/C11H8ClFN4S/c12-7-5-6(1-2-8(7)13)16-11-15-4-3-9(17-11)10(14)18/h1-5H,(H2,14,18)(H,15,16,17). The number of nitrogens with one attached hydrogen (secondary N) is 1. The molecule has 92 valence electrons. The molecule has 0 atom stereocenters. The van der Waals surface area contributed by atoms with Crippen LogP contribution in [0.1, 0.15) is 5.69 Å². The van der Waals surface area contributed by atoms with Crippen LogP contribution >= 0.6 is 23.8 Å². The van der Waals surface area contributed by atoms with Gasteiger partial charge in [0.2, 0.25) is 5.95 Å². The number of rotatable bonds is 3. The van der Waals surface area contributed by atoms with Gasteiger partial charge in [-0.2, -0.15) is 0 Å². The molecule has 0 saturated heterocycles. The molecule has 1 aromatic carbocycles. The molecular weight excluding hydrogens is 275 g/mol. The van der Waals surface area contributed by atoms with Gasteiger partial charge < -0.3 is 11.1 Å². The average Bonchev–Trinajstić information content (AvgIpc) is 2.34. The Morgan fingerprint density at radius 2 is 2.17 bits per heavy atom. The highest BCUT2D eigenvalue weighted by atomic mass is 35.5. The molecule has 0 aliphatic rings. The summed E-state index contributed by atoms with van der Waals surface area (Å²) in [6.45, 7) is 0. The third kappa shape index (κ3) is 2.91. The van der Waals surface area contributed by atoms with Crippen LogP contribution in [0.3, 0.4) is 0 Å². The first kappa shape index (κ1) is 12.7. The van der Waals surface area contributed by atoms with Gasteiger partial charge in [0.1, 0.15) is 16.5 Å². The maximum atomic E-state index is 13.0. The van der Waals surface area contributed by atoms with E-state index in [-0.39, 0.29) is 10.0 Å². The van der Waals surface area contributed by atoms with Gasteiger partial charge in [0, 0.05) is 11.9 Å². The first-order valence-electron chi connectivity index (χ1n) is 4.91. The minimum atomic E-state index is -0.486. The molecule has 0 unspecified atom stereocenters. The SMILES string of the molecule is NC(=S)c1ccnc(Nc2ccc(F)c(Cl)c2)n1. The third-order valence-electron chi connectivity index (χ3n) is 2.08. The van der Waals surface area contributed by atoms with Gasteiger partial charge in [0.15, 0.2) is 0 Å². The van der Waals surface area contributed by atoms with E-state index < -0.39 is 5.82 Å². The number of anilines is 2. The lowest BCUT2D eigenvalue weighted by molar-refractivity contribution is 0.628. The summed E-state index contributed by atoms with van der Waals surface area (Å²) < 4.78 is 13.0. The second-order valence-corrected chi connectivity index (χ2v) is 4.23. The van der Waals surface area contributed by atoms with E-state index in [4.69, 9.17) is 29.6 Å². The Balaban J connectivity index is 2.25. The number of halogens is 2. The smallest absolute Gasteiger partial charge is 0.227 e. The zero-order chi connectivity index (χ0) is 13.1. The zero-order valence-electron chi connectivity index (χ0n) is 9.02. The number of thiocarbonyl (C=S) groups is 1. The quantitative estimate of drug-likeness (QED) is 0.848. The number of nitrogens with zero attached hydrogens (tertiary/aromatic N) is 2. The summed E-state index contributed by atoms with van der Waals surface area (Å²) in [5.41, 5.74) is 6.49. The molecule has 18 heavy (non-hydrogen) atoms. The monoisotopic (exact) mass is 282 g/mol. The van der Waals surface area contributed by atoms with Crippen LogP contribution < -0.4 is 11.1 Å². The normalized spacial score (nSPS) is 10.1.